The van der Waals surface area contributed by atoms with Crippen LogP contribution in [0.25, 0.3) is 0 Å². The lowest BCUT2D eigenvalue weighted by Crippen LogP contribution is -2.35. The molecular weight excluding hydrogens is 400 g/mol. The quantitative estimate of drug-likeness (QED) is 0.344. The normalized spacial score (nSPS) is 17.9. The van der Waals surface area contributed by atoms with Gasteiger partial charge in [0.25, 0.3) is 5.92 Å². The topological polar surface area (TPSA) is 95.0 Å². The molecule has 2 N–H and O–H groups in total. The van der Waals surface area contributed by atoms with Crippen LogP contribution < -0.4 is 0 Å². The summed E-state index contributed by atoms with van der Waals surface area (Å²) in [5.41, 5.74) is -0.0946. The van der Waals surface area contributed by atoms with Crippen LogP contribution in [0.5, 0.6) is 0 Å². The lowest BCUT2D eigenvalue weighted by atomic mass is 10.0. The molecule has 0 radical (unpaired) electrons. The Morgan fingerprint density at radius 1 is 1.34 bits per heavy atom. The van der Waals surface area contributed by atoms with Gasteiger partial charge < -0.3 is 10.0 Å². The van der Waals surface area contributed by atoms with Crippen LogP contribution >= 0.6 is 11.8 Å². The molecule has 1 saturated heterocycles. The molecule has 0 unspecified atom stereocenters. The maximum atomic E-state index is 14.3. The van der Waals surface area contributed by atoms with Crippen LogP contribution in [0.15, 0.2) is 47.3 Å². The van der Waals surface area contributed by atoms with Crippen molar-refractivity contribution in [3.8, 4) is 0 Å². The minimum atomic E-state index is -3.07. The first-order chi connectivity index (χ1) is 14.0. The highest BCUT2D eigenvalue weighted by Crippen LogP contribution is 2.33. The third-order valence-electron chi connectivity index (χ3n) is 4.79. The number of allylic oxidation sites excluding steroid dienone is 1. The van der Waals surface area contributed by atoms with Crippen LogP contribution in [0.3, 0.4) is 0 Å². The van der Waals surface area contributed by atoms with Crippen LogP contribution in [0.1, 0.15) is 37.7 Å². The zero-order chi connectivity index (χ0) is 20.7. The van der Waals surface area contributed by atoms with Gasteiger partial charge in [-0.3, -0.25) is 4.79 Å². The van der Waals surface area contributed by atoms with Crippen LogP contribution in [0.4, 0.5) is 8.78 Å². The predicted octanol–water partition coefficient (Wildman–Crippen LogP) is 3.69. The molecule has 0 saturated carbocycles. The van der Waals surface area contributed by atoms with Gasteiger partial charge in [0.1, 0.15) is 5.76 Å². The number of halogens is 2. The maximum Gasteiger partial charge on any atom is 0.276 e. The van der Waals surface area contributed by atoms with Gasteiger partial charge in [-0.15, -0.1) is 5.10 Å². The SMILES string of the molecule is O=C1CC[C@H](C(O)=CCC(F)(F)c2ccccc2)N1CCCCSc1nnn[nH]1. The molecule has 1 aromatic heterocycles. The van der Waals surface area contributed by atoms with Crippen molar-refractivity contribution in [1.29, 1.82) is 0 Å². The number of nitrogens with zero attached hydrogens (tertiary/aromatic N) is 4. The van der Waals surface area contributed by atoms with Gasteiger partial charge in [-0.25, -0.2) is 13.9 Å². The molecule has 2 heterocycles. The molecule has 10 heteroatoms. The fourth-order valence-electron chi connectivity index (χ4n) is 3.25. The maximum absolute atomic E-state index is 14.3. The third kappa shape index (κ3) is 5.75. The Morgan fingerprint density at radius 3 is 2.86 bits per heavy atom. The number of aliphatic hydroxyl groups excluding tert-OH is 1. The highest BCUT2D eigenvalue weighted by molar-refractivity contribution is 7.99. The number of likely N-dealkylation sites (tertiary alicyclic amines) is 1. The molecule has 0 bridgehead atoms. The first-order valence-corrected chi connectivity index (χ1v) is 10.4. The number of aromatic nitrogens is 4. The van der Waals surface area contributed by atoms with Crippen molar-refractivity contribution in [3.63, 3.8) is 0 Å². The smallest absolute Gasteiger partial charge is 0.276 e. The molecule has 1 fully saturated rings. The Hall–Kier alpha value is -2.49. The monoisotopic (exact) mass is 423 g/mol. The van der Waals surface area contributed by atoms with Gasteiger partial charge in [0, 0.05) is 30.7 Å². The summed E-state index contributed by atoms with van der Waals surface area (Å²) in [6, 6.07) is 6.99. The second-order valence-electron chi connectivity index (χ2n) is 6.81. The van der Waals surface area contributed by atoms with Crippen molar-refractivity contribution in [2.45, 2.75) is 49.2 Å². The number of amides is 1. The van der Waals surface area contributed by atoms with E-state index in [1.165, 1.54) is 23.9 Å². The summed E-state index contributed by atoms with van der Waals surface area (Å²) in [5.74, 6) is -2.50. The molecule has 0 spiro atoms. The number of hydrogen-bond donors (Lipinski definition) is 2. The van der Waals surface area contributed by atoms with Gasteiger partial charge in [-0.05, 0) is 35.8 Å². The van der Waals surface area contributed by atoms with Crippen molar-refractivity contribution < 1.29 is 18.7 Å². The number of carbonyl (C=O) groups excluding carboxylic acids is 1. The van der Waals surface area contributed by atoms with E-state index in [1.807, 2.05) is 0 Å². The Kier molecular flexibility index (Phi) is 7.18. The molecule has 2 aromatic rings. The summed E-state index contributed by atoms with van der Waals surface area (Å²) < 4.78 is 28.7. The van der Waals surface area contributed by atoms with Gasteiger partial charge in [0.05, 0.1) is 6.04 Å². The summed E-state index contributed by atoms with van der Waals surface area (Å²) >= 11 is 1.49. The average molecular weight is 423 g/mol. The number of H-pyrrole nitrogens is 1. The summed E-state index contributed by atoms with van der Waals surface area (Å²) in [7, 11) is 0. The molecule has 156 valence electrons. The fourth-order valence-corrected chi connectivity index (χ4v) is 4.00. The molecule has 1 atom stereocenters. The van der Waals surface area contributed by atoms with Crippen molar-refractivity contribution >= 4 is 17.7 Å². The van der Waals surface area contributed by atoms with Crippen LogP contribution in [0.2, 0.25) is 0 Å². The molecule has 1 aliphatic rings. The first-order valence-electron chi connectivity index (χ1n) is 9.46. The summed E-state index contributed by atoms with van der Waals surface area (Å²) in [6.07, 6.45) is 2.87. The van der Waals surface area contributed by atoms with E-state index in [2.05, 4.69) is 20.6 Å². The van der Waals surface area contributed by atoms with Gasteiger partial charge in [0.2, 0.25) is 11.1 Å². The zero-order valence-corrected chi connectivity index (χ0v) is 16.6. The number of alkyl halides is 2. The molecule has 1 aliphatic heterocycles. The van der Waals surface area contributed by atoms with Crippen molar-refractivity contribution in [1.82, 2.24) is 25.5 Å². The average Bonchev–Trinajstić information content (AvgIpc) is 3.37. The summed E-state index contributed by atoms with van der Waals surface area (Å²) in [6.45, 7) is 0.478. The Balaban J connectivity index is 1.51. The highest BCUT2D eigenvalue weighted by Gasteiger charge is 2.35. The Labute approximate surface area is 171 Å². The second kappa shape index (κ2) is 9.82. The van der Waals surface area contributed by atoms with E-state index >= 15 is 0 Å². The van der Waals surface area contributed by atoms with E-state index in [4.69, 9.17) is 0 Å². The van der Waals surface area contributed by atoms with Crippen LogP contribution in [0, 0.1) is 0 Å². The van der Waals surface area contributed by atoms with Crippen molar-refractivity contribution in [2.24, 2.45) is 0 Å². The minimum absolute atomic E-state index is 0.0585. The minimum Gasteiger partial charge on any atom is -0.510 e. The van der Waals surface area contributed by atoms with E-state index in [0.29, 0.717) is 24.5 Å². The standard InChI is InChI=1S/C19H23F2N5O2S/c20-19(21,14-6-2-1-3-7-14)11-10-16(27)15-8-9-17(28)26(15)12-4-5-13-29-18-22-24-25-23-18/h1-3,6-7,10,15,27H,4-5,8-9,11-13H2,(H,22,23,24,25)/t15-/m1/s1. The van der Waals surface area contributed by atoms with E-state index in [0.717, 1.165) is 24.7 Å². The number of hydrogen-bond acceptors (Lipinski definition) is 6. The second-order valence-corrected chi connectivity index (χ2v) is 7.89. The molecule has 3 rings (SSSR count). The Morgan fingerprint density at radius 2 is 2.14 bits per heavy atom. The lowest BCUT2D eigenvalue weighted by Gasteiger charge is -2.25. The molecular formula is C19H23F2N5O2S. The van der Waals surface area contributed by atoms with Crippen LogP contribution in [-0.2, 0) is 10.7 Å². The zero-order valence-electron chi connectivity index (χ0n) is 15.8. The third-order valence-corrected chi connectivity index (χ3v) is 5.73. The van der Waals surface area contributed by atoms with Gasteiger partial charge in [-0.2, -0.15) is 0 Å². The van der Waals surface area contributed by atoms with Gasteiger partial charge >= 0.3 is 0 Å². The number of unbranched alkanes of at least 4 members (excludes halogenated alkanes) is 1. The van der Waals surface area contributed by atoms with Crippen molar-refractivity contribution in [2.75, 3.05) is 12.3 Å². The van der Waals surface area contributed by atoms with Gasteiger partial charge in [0.15, 0.2) is 0 Å². The molecule has 0 aliphatic carbocycles. The molecule has 29 heavy (non-hydrogen) atoms. The fraction of sp³-hybridized carbons (Fsp3) is 0.474. The number of rotatable bonds is 10. The Bertz CT molecular complexity index is 817. The summed E-state index contributed by atoms with van der Waals surface area (Å²) in [5, 5.41) is 24.4. The highest BCUT2D eigenvalue weighted by atomic mass is 32.2. The van der Waals surface area contributed by atoms with E-state index in [9.17, 15) is 18.7 Å². The number of carbonyl (C=O) groups is 1. The predicted molar refractivity (Wildman–Crippen MR) is 105 cm³/mol. The van der Waals surface area contributed by atoms with Crippen molar-refractivity contribution in [3.05, 3.63) is 47.7 Å². The molecule has 1 aromatic carbocycles. The number of benzene rings is 1. The van der Waals surface area contributed by atoms with Gasteiger partial charge in [-0.1, -0.05) is 42.1 Å². The van der Waals surface area contributed by atoms with E-state index in [-0.39, 0.29) is 17.2 Å². The van der Waals surface area contributed by atoms with E-state index in [1.54, 1.807) is 23.1 Å². The number of aliphatic hydroxyl groups is 1. The molecule has 7 nitrogen and oxygen atoms in total. The lowest BCUT2D eigenvalue weighted by molar-refractivity contribution is -0.128. The largest absolute Gasteiger partial charge is 0.510 e. The number of tetrazole rings is 1. The first kappa shape index (κ1) is 21.2. The van der Waals surface area contributed by atoms with Crippen LogP contribution in [-0.4, -0.2) is 54.9 Å². The number of nitrogens with one attached hydrogen (secondary N) is 1. The molecule has 1 amide bonds. The number of thioether (sulfide) groups is 1. The number of aromatic amines is 1. The van der Waals surface area contributed by atoms with E-state index < -0.39 is 18.4 Å². The summed E-state index contributed by atoms with van der Waals surface area (Å²) in [4.78, 5) is 13.8.